The zero-order valence-electron chi connectivity index (χ0n) is 17.5. The SMILES string of the molecule is CC(C)(C)O[Si](CCCOCC1CC1)(OC(C)(C)C)OC(C)(C)C. The molecule has 0 N–H and O–H groups in total. The first-order chi connectivity index (χ1) is 10.7. The van der Waals surface area contributed by atoms with Crippen LogP contribution in [0.5, 0.6) is 0 Å². The molecule has 0 radical (unpaired) electrons. The molecule has 1 aliphatic rings. The summed E-state index contributed by atoms with van der Waals surface area (Å²) in [4.78, 5) is 0. The Kier molecular flexibility index (Phi) is 7.52. The molecule has 1 rings (SSSR count). The molecule has 0 bridgehead atoms. The molecule has 1 aliphatic carbocycles. The Morgan fingerprint density at radius 3 is 1.50 bits per heavy atom. The zero-order chi connectivity index (χ0) is 18.6. The van der Waals surface area contributed by atoms with Gasteiger partial charge in [-0.2, -0.15) is 0 Å². The first-order valence-corrected chi connectivity index (χ1v) is 11.3. The van der Waals surface area contributed by atoms with Crippen molar-refractivity contribution in [2.24, 2.45) is 5.92 Å². The summed E-state index contributed by atoms with van der Waals surface area (Å²) in [6.07, 6.45) is 3.55. The van der Waals surface area contributed by atoms with Crippen LogP contribution in [0, 0.1) is 5.92 Å². The average Bonchev–Trinajstić information content (AvgIpc) is 3.04. The Balaban J connectivity index is 2.77. The highest BCUT2D eigenvalue weighted by atomic mass is 28.4. The molecule has 0 unspecified atom stereocenters. The van der Waals surface area contributed by atoms with E-state index in [0.717, 1.165) is 31.6 Å². The summed E-state index contributed by atoms with van der Waals surface area (Å²) in [5.41, 5.74) is -0.924. The molecule has 1 fully saturated rings. The number of hydrogen-bond donors (Lipinski definition) is 0. The van der Waals surface area contributed by atoms with Crippen LogP contribution in [0.25, 0.3) is 0 Å². The van der Waals surface area contributed by atoms with E-state index in [1.54, 1.807) is 0 Å². The topological polar surface area (TPSA) is 36.9 Å². The van der Waals surface area contributed by atoms with Crippen LogP contribution >= 0.6 is 0 Å². The van der Waals surface area contributed by atoms with Gasteiger partial charge in [0, 0.05) is 19.3 Å². The highest BCUT2D eigenvalue weighted by Crippen LogP contribution is 2.33. The van der Waals surface area contributed by atoms with Crippen molar-refractivity contribution in [1.29, 1.82) is 0 Å². The lowest BCUT2D eigenvalue weighted by molar-refractivity contribution is -0.0761. The Labute approximate surface area is 151 Å². The van der Waals surface area contributed by atoms with Gasteiger partial charge in [0.05, 0.1) is 16.8 Å². The lowest BCUT2D eigenvalue weighted by atomic mass is 10.2. The second kappa shape index (κ2) is 8.17. The van der Waals surface area contributed by atoms with Crippen LogP contribution in [-0.4, -0.2) is 38.8 Å². The average molecular weight is 361 g/mol. The lowest BCUT2D eigenvalue weighted by Gasteiger charge is -2.43. The Hall–Kier alpha value is 0.0569. The van der Waals surface area contributed by atoms with E-state index in [1.807, 2.05) is 0 Å². The summed E-state index contributed by atoms with van der Waals surface area (Å²) in [6, 6.07) is 0.781. The van der Waals surface area contributed by atoms with Crippen molar-refractivity contribution in [3.63, 3.8) is 0 Å². The van der Waals surface area contributed by atoms with Crippen molar-refractivity contribution >= 4 is 8.80 Å². The highest BCUT2D eigenvalue weighted by Gasteiger charge is 2.49. The van der Waals surface area contributed by atoms with E-state index < -0.39 is 8.80 Å². The molecule has 0 aromatic carbocycles. The van der Waals surface area contributed by atoms with E-state index in [0.29, 0.717) is 0 Å². The molecule has 0 atom stereocenters. The summed E-state index contributed by atoms with van der Waals surface area (Å²) in [5, 5.41) is 0. The van der Waals surface area contributed by atoms with Crippen molar-refractivity contribution in [2.75, 3.05) is 13.2 Å². The fraction of sp³-hybridized carbons (Fsp3) is 1.00. The van der Waals surface area contributed by atoms with Crippen molar-refractivity contribution in [2.45, 2.75) is 104 Å². The Morgan fingerprint density at radius 1 is 0.750 bits per heavy atom. The largest absolute Gasteiger partial charge is 0.502 e. The smallest absolute Gasteiger partial charge is 0.381 e. The van der Waals surface area contributed by atoms with E-state index in [-0.39, 0.29) is 16.8 Å². The molecule has 0 aliphatic heterocycles. The summed E-state index contributed by atoms with van der Waals surface area (Å²) in [5.74, 6) is 0.800. The van der Waals surface area contributed by atoms with Gasteiger partial charge < -0.3 is 18.0 Å². The van der Waals surface area contributed by atoms with Gasteiger partial charge in [-0.3, -0.25) is 0 Å². The second-order valence-electron chi connectivity index (χ2n) is 9.95. The van der Waals surface area contributed by atoms with E-state index in [4.69, 9.17) is 18.0 Å². The molecule has 5 heteroatoms. The molecule has 144 valence electrons. The standard InChI is InChI=1S/C19H40O4Si/c1-17(2,3)21-24(22-18(4,5)6,23-19(7,8)9)14-10-13-20-15-16-11-12-16/h16H,10-15H2,1-9H3. The van der Waals surface area contributed by atoms with Crippen LogP contribution in [0.4, 0.5) is 0 Å². The molecular formula is C19H40O4Si. The first-order valence-electron chi connectivity index (χ1n) is 9.38. The molecule has 0 heterocycles. The zero-order valence-corrected chi connectivity index (χ0v) is 18.5. The molecule has 0 amide bonds. The molecule has 0 saturated heterocycles. The van der Waals surface area contributed by atoms with Crippen LogP contribution in [0.1, 0.15) is 81.6 Å². The fourth-order valence-corrected chi connectivity index (χ4v) is 6.35. The van der Waals surface area contributed by atoms with Gasteiger partial charge in [0.25, 0.3) is 0 Å². The Morgan fingerprint density at radius 2 is 1.17 bits per heavy atom. The molecular weight excluding hydrogens is 320 g/mol. The third kappa shape index (κ3) is 10.8. The predicted molar refractivity (Wildman–Crippen MR) is 101 cm³/mol. The van der Waals surface area contributed by atoms with Crippen molar-refractivity contribution < 1.29 is 18.0 Å². The quantitative estimate of drug-likeness (QED) is 0.419. The highest BCUT2D eigenvalue weighted by molar-refractivity contribution is 6.61. The minimum absolute atomic E-state index is 0.308. The van der Waals surface area contributed by atoms with Gasteiger partial charge in [-0.05, 0) is 87.5 Å². The van der Waals surface area contributed by atoms with Crippen LogP contribution in [-0.2, 0) is 18.0 Å². The van der Waals surface area contributed by atoms with Gasteiger partial charge >= 0.3 is 8.80 Å². The van der Waals surface area contributed by atoms with E-state index in [1.165, 1.54) is 12.8 Å². The second-order valence-corrected chi connectivity index (χ2v) is 12.4. The van der Waals surface area contributed by atoms with Crippen LogP contribution in [0.2, 0.25) is 6.04 Å². The minimum Gasteiger partial charge on any atom is -0.381 e. The van der Waals surface area contributed by atoms with Crippen molar-refractivity contribution in [3.8, 4) is 0 Å². The number of rotatable bonds is 9. The van der Waals surface area contributed by atoms with Crippen LogP contribution in [0.15, 0.2) is 0 Å². The van der Waals surface area contributed by atoms with Crippen LogP contribution in [0.3, 0.4) is 0 Å². The number of hydrogen-bond acceptors (Lipinski definition) is 4. The maximum absolute atomic E-state index is 6.46. The molecule has 4 nitrogen and oxygen atoms in total. The summed E-state index contributed by atoms with van der Waals surface area (Å²) in [7, 11) is -2.84. The predicted octanol–water partition coefficient (Wildman–Crippen LogP) is 5.19. The van der Waals surface area contributed by atoms with Gasteiger partial charge in [0.15, 0.2) is 0 Å². The van der Waals surface area contributed by atoms with Gasteiger partial charge in [-0.25, -0.2) is 0 Å². The summed E-state index contributed by atoms with van der Waals surface area (Å²) < 4.78 is 25.2. The van der Waals surface area contributed by atoms with Crippen molar-refractivity contribution in [3.05, 3.63) is 0 Å². The fourth-order valence-electron chi connectivity index (χ4n) is 2.54. The molecule has 1 saturated carbocycles. The van der Waals surface area contributed by atoms with Gasteiger partial charge in [-0.1, -0.05) is 0 Å². The van der Waals surface area contributed by atoms with E-state index in [9.17, 15) is 0 Å². The third-order valence-corrected chi connectivity index (χ3v) is 6.94. The molecule has 24 heavy (non-hydrogen) atoms. The van der Waals surface area contributed by atoms with E-state index in [2.05, 4.69) is 62.3 Å². The third-order valence-electron chi connectivity index (χ3n) is 3.21. The summed E-state index contributed by atoms with van der Waals surface area (Å²) >= 11 is 0. The van der Waals surface area contributed by atoms with Crippen molar-refractivity contribution in [1.82, 2.24) is 0 Å². The Bertz CT molecular complexity index is 332. The van der Waals surface area contributed by atoms with Gasteiger partial charge in [0.2, 0.25) is 0 Å². The monoisotopic (exact) mass is 360 g/mol. The maximum atomic E-state index is 6.46. The van der Waals surface area contributed by atoms with E-state index >= 15 is 0 Å². The molecule has 0 aromatic heterocycles. The minimum atomic E-state index is -2.84. The maximum Gasteiger partial charge on any atom is 0.502 e. The first kappa shape index (κ1) is 22.1. The summed E-state index contributed by atoms with van der Waals surface area (Å²) in [6.45, 7) is 20.2. The van der Waals surface area contributed by atoms with Gasteiger partial charge in [-0.15, -0.1) is 0 Å². The molecule has 0 spiro atoms. The molecule has 0 aromatic rings. The van der Waals surface area contributed by atoms with Gasteiger partial charge in [0.1, 0.15) is 0 Å². The number of ether oxygens (including phenoxy) is 1. The lowest BCUT2D eigenvalue weighted by Crippen LogP contribution is -2.57. The normalized spacial score (nSPS) is 17.4. The van der Waals surface area contributed by atoms with Crippen LogP contribution < -0.4 is 0 Å².